The SMILES string of the molecule is c1coc(CCNC(=NCC2CCCCO2)N2CCC3(CCOC3)C2)c1. The summed E-state index contributed by atoms with van der Waals surface area (Å²) in [5.41, 5.74) is 0.338. The van der Waals surface area contributed by atoms with Crippen LogP contribution in [0.1, 0.15) is 37.9 Å². The van der Waals surface area contributed by atoms with Gasteiger partial charge in [-0.25, -0.2) is 0 Å². The molecule has 0 amide bonds. The summed E-state index contributed by atoms with van der Waals surface area (Å²) >= 11 is 0. The van der Waals surface area contributed by atoms with E-state index < -0.39 is 0 Å². The lowest BCUT2D eigenvalue weighted by atomic mass is 9.87. The maximum atomic E-state index is 5.86. The molecule has 2 unspecified atom stereocenters. The number of likely N-dealkylation sites (tertiary alicyclic amines) is 1. The Balaban J connectivity index is 1.36. The van der Waals surface area contributed by atoms with Crippen molar-refractivity contribution in [3.8, 4) is 0 Å². The Morgan fingerprint density at radius 1 is 1.31 bits per heavy atom. The number of nitrogens with one attached hydrogen (secondary N) is 1. The van der Waals surface area contributed by atoms with Crippen LogP contribution in [0.15, 0.2) is 27.8 Å². The normalized spacial score (nSPS) is 29.6. The number of hydrogen-bond donors (Lipinski definition) is 1. The number of hydrogen-bond acceptors (Lipinski definition) is 4. The van der Waals surface area contributed by atoms with Gasteiger partial charge in [0, 0.05) is 44.7 Å². The van der Waals surface area contributed by atoms with Crippen molar-refractivity contribution in [1.82, 2.24) is 10.2 Å². The van der Waals surface area contributed by atoms with Crippen molar-refractivity contribution in [2.75, 3.05) is 46.0 Å². The monoisotopic (exact) mass is 361 g/mol. The van der Waals surface area contributed by atoms with Crippen LogP contribution in [0.25, 0.3) is 0 Å². The summed E-state index contributed by atoms with van der Waals surface area (Å²) in [5.74, 6) is 2.03. The average molecular weight is 361 g/mol. The first kappa shape index (κ1) is 17.9. The maximum Gasteiger partial charge on any atom is 0.194 e. The Kier molecular flexibility index (Phi) is 5.80. The molecule has 0 radical (unpaired) electrons. The van der Waals surface area contributed by atoms with E-state index in [-0.39, 0.29) is 6.10 Å². The van der Waals surface area contributed by atoms with Crippen molar-refractivity contribution in [3.05, 3.63) is 24.2 Å². The summed E-state index contributed by atoms with van der Waals surface area (Å²) in [5, 5.41) is 3.57. The highest BCUT2D eigenvalue weighted by molar-refractivity contribution is 5.80. The van der Waals surface area contributed by atoms with Gasteiger partial charge in [-0.05, 0) is 44.2 Å². The highest BCUT2D eigenvalue weighted by Crippen LogP contribution is 2.38. The van der Waals surface area contributed by atoms with E-state index in [4.69, 9.17) is 18.9 Å². The highest BCUT2D eigenvalue weighted by atomic mass is 16.5. The van der Waals surface area contributed by atoms with Crippen molar-refractivity contribution in [2.24, 2.45) is 10.4 Å². The molecule has 4 heterocycles. The molecule has 26 heavy (non-hydrogen) atoms. The maximum absolute atomic E-state index is 5.86. The van der Waals surface area contributed by atoms with Gasteiger partial charge in [-0.2, -0.15) is 0 Å². The molecule has 6 heteroatoms. The summed E-state index contributed by atoms with van der Waals surface area (Å²) in [6.07, 6.45) is 8.82. The van der Waals surface area contributed by atoms with E-state index in [1.54, 1.807) is 6.26 Å². The Bertz CT molecular complexity index is 575. The van der Waals surface area contributed by atoms with Gasteiger partial charge in [0.15, 0.2) is 5.96 Å². The molecule has 0 aromatic carbocycles. The van der Waals surface area contributed by atoms with E-state index in [9.17, 15) is 0 Å². The molecule has 1 aromatic heterocycles. The lowest BCUT2D eigenvalue weighted by Crippen LogP contribution is -2.43. The molecule has 0 saturated carbocycles. The van der Waals surface area contributed by atoms with Gasteiger partial charge >= 0.3 is 0 Å². The lowest BCUT2D eigenvalue weighted by molar-refractivity contribution is 0.0223. The molecular weight excluding hydrogens is 330 g/mol. The first-order chi connectivity index (χ1) is 12.8. The van der Waals surface area contributed by atoms with E-state index in [0.29, 0.717) is 5.41 Å². The van der Waals surface area contributed by atoms with Crippen LogP contribution in [0.5, 0.6) is 0 Å². The van der Waals surface area contributed by atoms with Crippen LogP contribution in [0, 0.1) is 5.41 Å². The smallest absolute Gasteiger partial charge is 0.194 e. The van der Waals surface area contributed by atoms with Gasteiger partial charge in [-0.1, -0.05) is 0 Å². The van der Waals surface area contributed by atoms with Crippen LogP contribution < -0.4 is 5.32 Å². The van der Waals surface area contributed by atoms with Crippen molar-refractivity contribution in [1.29, 1.82) is 0 Å². The van der Waals surface area contributed by atoms with Crippen LogP contribution in [-0.2, 0) is 15.9 Å². The minimum atomic E-state index is 0.275. The standard InChI is InChI=1S/C20H31N3O3/c1-2-11-26-18(4-1)14-22-19(21-9-6-17-5-3-12-25-17)23-10-7-20(15-23)8-13-24-16-20/h3,5,12,18H,1-2,4,6-11,13-16H2,(H,21,22). The van der Waals surface area contributed by atoms with Gasteiger partial charge in [-0.3, -0.25) is 4.99 Å². The zero-order valence-corrected chi connectivity index (χ0v) is 15.6. The van der Waals surface area contributed by atoms with Crippen molar-refractivity contribution in [3.63, 3.8) is 0 Å². The molecule has 3 aliphatic heterocycles. The largest absolute Gasteiger partial charge is 0.469 e. The first-order valence-corrected chi connectivity index (χ1v) is 10.1. The molecule has 144 valence electrons. The summed E-state index contributed by atoms with van der Waals surface area (Å²) in [4.78, 5) is 7.35. The van der Waals surface area contributed by atoms with Gasteiger partial charge < -0.3 is 24.1 Å². The van der Waals surface area contributed by atoms with Gasteiger partial charge in [0.25, 0.3) is 0 Å². The predicted octanol–water partition coefficient (Wildman–Crippen LogP) is 2.45. The number of ether oxygens (including phenoxy) is 2. The number of furan rings is 1. The van der Waals surface area contributed by atoms with E-state index in [2.05, 4.69) is 10.2 Å². The molecule has 3 saturated heterocycles. The second kappa shape index (κ2) is 8.44. The third-order valence-corrected chi connectivity index (χ3v) is 5.88. The molecule has 4 rings (SSSR count). The number of guanidine groups is 1. The van der Waals surface area contributed by atoms with Gasteiger partial charge in [0.1, 0.15) is 5.76 Å². The van der Waals surface area contributed by atoms with E-state index in [1.165, 1.54) is 25.7 Å². The molecule has 3 fully saturated rings. The van der Waals surface area contributed by atoms with Crippen molar-refractivity contribution in [2.45, 2.75) is 44.6 Å². The first-order valence-electron chi connectivity index (χ1n) is 10.1. The zero-order valence-electron chi connectivity index (χ0n) is 15.6. The van der Waals surface area contributed by atoms with Crippen LogP contribution in [0.3, 0.4) is 0 Å². The Labute approximate surface area is 155 Å². The highest BCUT2D eigenvalue weighted by Gasteiger charge is 2.42. The Morgan fingerprint density at radius 2 is 2.31 bits per heavy atom. The topological polar surface area (TPSA) is 59.2 Å². The molecule has 2 atom stereocenters. The second-order valence-corrected chi connectivity index (χ2v) is 7.88. The second-order valence-electron chi connectivity index (χ2n) is 7.88. The minimum absolute atomic E-state index is 0.275. The van der Waals surface area contributed by atoms with Crippen molar-refractivity contribution >= 4 is 5.96 Å². The molecule has 0 aliphatic carbocycles. The molecule has 6 nitrogen and oxygen atoms in total. The number of rotatable bonds is 5. The predicted molar refractivity (Wildman–Crippen MR) is 100 cm³/mol. The van der Waals surface area contributed by atoms with Crippen LogP contribution in [0.2, 0.25) is 0 Å². The summed E-state index contributed by atoms with van der Waals surface area (Å²) in [6, 6.07) is 3.96. The van der Waals surface area contributed by atoms with Crippen LogP contribution >= 0.6 is 0 Å². The average Bonchev–Trinajstić information content (AvgIpc) is 3.43. The molecule has 1 N–H and O–H groups in total. The lowest BCUT2D eigenvalue weighted by Gasteiger charge is -2.26. The van der Waals surface area contributed by atoms with E-state index in [0.717, 1.165) is 70.6 Å². The quantitative estimate of drug-likeness (QED) is 0.645. The van der Waals surface area contributed by atoms with Crippen LogP contribution in [-0.4, -0.2) is 63.0 Å². The Hall–Kier alpha value is -1.53. The summed E-state index contributed by atoms with van der Waals surface area (Å²) < 4.78 is 17.0. The minimum Gasteiger partial charge on any atom is -0.469 e. The van der Waals surface area contributed by atoms with Gasteiger partial charge in [-0.15, -0.1) is 0 Å². The zero-order chi connectivity index (χ0) is 17.7. The fourth-order valence-corrected chi connectivity index (χ4v) is 4.25. The molecule has 0 bridgehead atoms. The van der Waals surface area contributed by atoms with E-state index >= 15 is 0 Å². The fraction of sp³-hybridized carbons (Fsp3) is 0.750. The van der Waals surface area contributed by atoms with Crippen molar-refractivity contribution < 1.29 is 13.9 Å². The van der Waals surface area contributed by atoms with Crippen LogP contribution in [0.4, 0.5) is 0 Å². The molecular formula is C20H31N3O3. The third kappa shape index (κ3) is 4.41. The van der Waals surface area contributed by atoms with Gasteiger partial charge in [0.2, 0.25) is 0 Å². The summed E-state index contributed by atoms with van der Waals surface area (Å²) in [7, 11) is 0. The fourth-order valence-electron chi connectivity index (χ4n) is 4.25. The molecule has 1 aromatic rings. The number of nitrogens with zero attached hydrogens (tertiary/aromatic N) is 2. The Morgan fingerprint density at radius 3 is 3.08 bits per heavy atom. The van der Waals surface area contributed by atoms with E-state index in [1.807, 2.05) is 12.1 Å². The third-order valence-electron chi connectivity index (χ3n) is 5.88. The number of aliphatic imine (C=N–C) groups is 1. The van der Waals surface area contributed by atoms with Gasteiger partial charge in [0.05, 0.1) is 25.5 Å². The summed E-state index contributed by atoms with van der Waals surface area (Å²) in [6.45, 7) is 6.37. The molecule has 1 spiro atoms. The molecule has 3 aliphatic rings.